The van der Waals surface area contributed by atoms with Gasteiger partial charge in [-0.2, -0.15) is 0 Å². The highest BCUT2D eigenvalue weighted by molar-refractivity contribution is 5.83. The largest absolute Gasteiger partial charge is 0.497 e. The van der Waals surface area contributed by atoms with Crippen LogP contribution >= 0.6 is 0 Å². The number of benzene rings is 1. The fourth-order valence-corrected chi connectivity index (χ4v) is 4.58. The molecule has 1 amide bonds. The van der Waals surface area contributed by atoms with Crippen LogP contribution < -0.4 is 10.1 Å². The topological polar surface area (TPSA) is 41.6 Å². The Labute approximate surface area is 138 Å². The third kappa shape index (κ3) is 2.63. The molecule has 3 fully saturated rings. The lowest BCUT2D eigenvalue weighted by atomic mass is 9.91. The van der Waals surface area contributed by atoms with Crippen LogP contribution in [0.2, 0.25) is 0 Å². The van der Waals surface area contributed by atoms with E-state index in [-0.39, 0.29) is 12.0 Å². The molecule has 1 spiro atoms. The van der Waals surface area contributed by atoms with Gasteiger partial charge >= 0.3 is 0 Å². The maximum absolute atomic E-state index is 13.1. The molecule has 1 aromatic carbocycles. The number of nitrogens with zero attached hydrogens (tertiary/aromatic N) is 1. The molecule has 124 valence electrons. The normalized spacial score (nSPS) is 28.8. The quantitative estimate of drug-likeness (QED) is 0.933. The minimum atomic E-state index is 0.257. The summed E-state index contributed by atoms with van der Waals surface area (Å²) in [5.41, 5.74) is 1.58. The van der Waals surface area contributed by atoms with Crippen molar-refractivity contribution in [2.75, 3.05) is 26.7 Å². The van der Waals surface area contributed by atoms with E-state index in [1.807, 2.05) is 12.1 Å². The summed E-state index contributed by atoms with van der Waals surface area (Å²) in [4.78, 5) is 15.2. The molecule has 3 aliphatic rings. The van der Waals surface area contributed by atoms with E-state index in [0.29, 0.717) is 11.3 Å². The Morgan fingerprint density at radius 3 is 2.70 bits per heavy atom. The number of nitrogens with one attached hydrogen (secondary N) is 1. The van der Waals surface area contributed by atoms with Crippen LogP contribution in [0.3, 0.4) is 0 Å². The third-order valence-electron chi connectivity index (χ3n) is 6.12. The predicted molar refractivity (Wildman–Crippen MR) is 89.3 cm³/mol. The number of methoxy groups -OCH3 is 1. The fraction of sp³-hybridized carbons (Fsp3) is 0.632. The molecule has 1 aliphatic carbocycles. The molecule has 2 heterocycles. The molecule has 4 nitrogen and oxygen atoms in total. The first-order valence-corrected chi connectivity index (χ1v) is 8.89. The highest BCUT2D eigenvalue weighted by Gasteiger charge is 2.59. The lowest BCUT2D eigenvalue weighted by Crippen LogP contribution is -2.36. The van der Waals surface area contributed by atoms with E-state index in [0.717, 1.165) is 44.6 Å². The van der Waals surface area contributed by atoms with Gasteiger partial charge in [0.05, 0.1) is 13.2 Å². The van der Waals surface area contributed by atoms with Gasteiger partial charge in [0.15, 0.2) is 0 Å². The Morgan fingerprint density at radius 2 is 2.00 bits per heavy atom. The van der Waals surface area contributed by atoms with Gasteiger partial charge in [0, 0.05) is 12.5 Å². The lowest BCUT2D eigenvalue weighted by molar-refractivity contribution is -0.134. The molecule has 2 unspecified atom stereocenters. The van der Waals surface area contributed by atoms with E-state index in [2.05, 4.69) is 22.3 Å². The van der Waals surface area contributed by atoms with Gasteiger partial charge in [0.2, 0.25) is 5.91 Å². The van der Waals surface area contributed by atoms with Crippen LogP contribution in [0, 0.1) is 11.3 Å². The van der Waals surface area contributed by atoms with Crippen molar-refractivity contribution in [2.45, 2.75) is 38.1 Å². The van der Waals surface area contributed by atoms with Crippen LogP contribution in [0.1, 0.15) is 43.7 Å². The van der Waals surface area contributed by atoms with Gasteiger partial charge in [-0.3, -0.25) is 4.79 Å². The Hall–Kier alpha value is -1.55. The van der Waals surface area contributed by atoms with Gasteiger partial charge in [0.1, 0.15) is 5.75 Å². The summed E-state index contributed by atoms with van der Waals surface area (Å²) in [5.74, 6) is 1.56. The van der Waals surface area contributed by atoms with Crippen molar-refractivity contribution in [1.82, 2.24) is 10.2 Å². The number of rotatable bonds is 3. The summed E-state index contributed by atoms with van der Waals surface area (Å²) in [5, 5.41) is 3.42. The van der Waals surface area contributed by atoms with Gasteiger partial charge in [0.25, 0.3) is 0 Å². The first-order chi connectivity index (χ1) is 11.2. The Balaban J connectivity index is 1.48. The summed E-state index contributed by atoms with van der Waals surface area (Å²) < 4.78 is 5.24. The lowest BCUT2D eigenvalue weighted by Gasteiger charge is -2.28. The van der Waals surface area contributed by atoms with E-state index < -0.39 is 0 Å². The average molecular weight is 314 g/mol. The van der Waals surface area contributed by atoms with Crippen molar-refractivity contribution >= 4 is 5.91 Å². The number of carbonyl (C=O) groups is 1. The zero-order valence-electron chi connectivity index (χ0n) is 13.9. The monoisotopic (exact) mass is 314 g/mol. The fourth-order valence-electron chi connectivity index (χ4n) is 4.58. The Kier molecular flexibility index (Phi) is 3.80. The van der Waals surface area contributed by atoms with Gasteiger partial charge < -0.3 is 15.0 Å². The van der Waals surface area contributed by atoms with Crippen LogP contribution in [-0.4, -0.2) is 37.6 Å². The number of ether oxygens (including phenoxy) is 1. The molecule has 0 bridgehead atoms. The Bertz CT molecular complexity index is 578. The van der Waals surface area contributed by atoms with Crippen LogP contribution in [0.4, 0.5) is 0 Å². The first kappa shape index (κ1) is 15.0. The molecular formula is C19H26N2O2. The van der Waals surface area contributed by atoms with E-state index in [4.69, 9.17) is 4.74 Å². The summed E-state index contributed by atoms with van der Waals surface area (Å²) in [6.45, 7) is 3.07. The molecule has 0 aromatic heterocycles. The highest BCUT2D eigenvalue weighted by Crippen LogP contribution is 2.59. The SMILES string of the molecule is COc1ccc(C2CCCN2C(=O)C2CC23CCNCC3)cc1. The van der Waals surface area contributed by atoms with Crippen LogP contribution in [0.25, 0.3) is 0 Å². The minimum Gasteiger partial charge on any atom is -0.497 e. The van der Waals surface area contributed by atoms with Gasteiger partial charge in [-0.1, -0.05) is 12.1 Å². The Morgan fingerprint density at radius 1 is 1.26 bits per heavy atom. The zero-order chi connectivity index (χ0) is 15.9. The third-order valence-corrected chi connectivity index (χ3v) is 6.12. The summed E-state index contributed by atoms with van der Waals surface area (Å²) in [7, 11) is 1.69. The number of amides is 1. The second kappa shape index (κ2) is 5.82. The van der Waals surface area contributed by atoms with Crippen LogP contribution in [-0.2, 0) is 4.79 Å². The van der Waals surface area contributed by atoms with Crippen molar-refractivity contribution in [2.24, 2.45) is 11.3 Å². The molecule has 2 aliphatic heterocycles. The first-order valence-electron chi connectivity index (χ1n) is 8.89. The minimum absolute atomic E-state index is 0.257. The van der Waals surface area contributed by atoms with Gasteiger partial charge in [-0.25, -0.2) is 0 Å². The second-order valence-corrected chi connectivity index (χ2v) is 7.33. The molecule has 1 aromatic rings. The van der Waals surface area contributed by atoms with Crippen molar-refractivity contribution in [3.63, 3.8) is 0 Å². The van der Waals surface area contributed by atoms with E-state index >= 15 is 0 Å². The standard InChI is InChI=1S/C19H26N2O2/c1-23-15-6-4-14(5-7-15)17-3-2-12-21(17)18(22)16-13-19(16)8-10-20-11-9-19/h4-7,16-17,20H,2-3,8-13H2,1H3. The highest BCUT2D eigenvalue weighted by atomic mass is 16.5. The van der Waals surface area contributed by atoms with Gasteiger partial charge in [-0.15, -0.1) is 0 Å². The van der Waals surface area contributed by atoms with E-state index in [9.17, 15) is 4.79 Å². The summed E-state index contributed by atoms with van der Waals surface area (Å²) in [6, 6.07) is 8.49. The molecule has 1 saturated carbocycles. The van der Waals surface area contributed by atoms with E-state index in [1.54, 1.807) is 7.11 Å². The van der Waals surface area contributed by atoms with Crippen molar-refractivity contribution < 1.29 is 9.53 Å². The van der Waals surface area contributed by atoms with Crippen molar-refractivity contribution in [1.29, 1.82) is 0 Å². The number of hydrogen-bond donors (Lipinski definition) is 1. The maximum Gasteiger partial charge on any atom is 0.226 e. The number of piperidine rings is 1. The maximum atomic E-state index is 13.1. The molecule has 2 atom stereocenters. The zero-order valence-corrected chi connectivity index (χ0v) is 13.9. The molecule has 4 rings (SSSR count). The predicted octanol–water partition coefficient (Wildman–Crippen LogP) is 2.75. The van der Waals surface area contributed by atoms with Gasteiger partial charge in [-0.05, 0) is 68.3 Å². The smallest absolute Gasteiger partial charge is 0.226 e. The number of hydrogen-bond acceptors (Lipinski definition) is 3. The van der Waals surface area contributed by atoms with E-state index in [1.165, 1.54) is 18.4 Å². The average Bonchev–Trinajstić information content (AvgIpc) is 3.07. The number of likely N-dealkylation sites (tertiary alicyclic amines) is 1. The number of carbonyl (C=O) groups excluding carboxylic acids is 1. The molecule has 0 radical (unpaired) electrons. The summed E-state index contributed by atoms with van der Waals surface area (Å²) >= 11 is 0. The summed E-state index contributed by atoms with van der Waals surface area (Å²) in [6.07, 6.45) is 5.65. The second-order valence-electron chi connectivity index (χ2n) is 7.33. The van der Waals surface area contributed by atoms with Crippen LogP contribution in [0.15, 0.2) is 24.3 Å². The van der Waals surface area contributed by atoms with Crippen molar-refractivity contribution in [3.05, 3.63) is 29.8 Å². The molecule has 4 heteroatoms. The molecule has 1 N–H and O–H groups in total. The molecule has 2 saturated heterocycles. The molecular weight excluding hydrogens is 288 g/mol. The molecule has 23 heavy (non-hydrogen) atoms. The van der Waals surface area contributed by atoms with Crippen LogP contribution in [0.5, 0.6) is 5.75 Å². The van der Waals surface area contributed by atoms with Crippen molar-refractivity contribution in [3.8, 4) is 5.75 Å².